The first kappa shape index (κ1) is 17.2. The van der Waals surface area contributed by atoms with E-state index in [1.807, 2.05) is 0 Å². The number of aromatic nitrogens is 2. The largest absolute Gasteiger partial charge is 0.435 e. The second-order valence-electron chi connectivity index (χ2n) is 6.37. The molecule has 27 heavy (non-hydrogen) atoms. The first-order valence-electron chi connectivity index (χ1n) is 8.38. The number of rotatable bonds is 3. The molecule has 9 heteroatoms. The number of ketones is 1. The average molecular weight is 375 g/mol. The number of aromatic amines is 2. The van der Waals surface area contributed by atoms with E-state index in [0.717, 1.165) is 0 Å². The van der Waals surface area contributed by atoms with Crippen molar-refractivity contribution in [3.63, 3.8) is 0 Å². The standard InChI is InChI=1S/C18H15F2N3O4/c19-17(20)27-9-6-4-8(5-7-9)12-13-10(2-1-3-11(13)24)21-15-14(12)16(25)23-18(26)22-15/h4-7,12,17H,1-3H2,(H3,21,22,23,25,26)/t12-/m1/s1. The molecule has 1 aliphatic carbocycles. The summed E-state index contributed by atoms with van der Waals surface area (Å²) in [6.07, 6.45) is 1.64. The van der Waals surface area contributed by atoms with Crippen LogP contribution in [0.1, 0.15) is 36.3 Å². The molecular weight excluding hydrogens is 360 g/mol. The maximum atomic E-state index is 12.6. The Morgan fingerprint density at radius 1 is 1.04 bits per heavy atom. The zero-order chi connectivity index (χ0) is 19.1. The van der Waals surface area contributed by atoms with Gasteiger partial charge in [0.25, 0.3) is 5.56 Å². The van der Waals surface area contributed by atoms with Crippen LogP contribution in [0, 0.1) is 0 Å². The van der Waals surface area contributed by atoms with Crippen LogP contribution in [0.25, 0.3) is 0 Å². The zero-order valence-corrected chi connectivity index (χ0v) is 14.0. The Morgan fingerprint density at radius 2 is 1.78 bits per heavy atom. The van der Waals surface area contributed by atoms with Gasteiger partial charge in [-0.1, -0.05) is 12.1 Å². The quantitative estimate of drug-likeness (QED) is 0.763. The molecule has 1 atom stereocenters. The second kappa shape index (κ2) is 6.49. The van der Waals surface area contributed by atoms with Crippen molar-refractivity contribution in [3.8, 4) is 5.75 Å². The number of benzene rings is 1. The number of hydrogen-bond donors (Lipinski definition) is 3. The first-order valence-corrected chi connectivity index (χ1v) is 8.38. The lowest BCUT2D eigenvalue weighted by atomic mass is 9.76. The van der Waals surface area contributed by atoms with Gasteiger partial charge in [0.15, 0.2) is 5.78 Å². The van der Waals surface area contributed by atoms with Crippen molar-refractivity contribution in [1.82, 2.24) is 9.97 Å². The molecule has 1 aliphatic heterocycles. The Kier molecular flexibility index (Phi) is 4.14. The highest BCUT2D eigenvalue weighted by Gasteiger charge is 2.37. The Labute approximate surface area is 151 Å². The molecule has 0 spiro atoms. The number of Topliss-reactive ketones (excluding diaryl/α,β-unsaturated/α-hetero) is 1. The Bertz CT molecular complexity index is 1050. The van der Waals surface area contributed by atoms with E-state index in [1.54, 1.807) is 0 Å². The van der Waals surface area contributed by atoms with E-state index in [-0.39, 0.29) is 22.9 Å². The number of allylic oxidation sites excluding steroid dienone is 2. The number of carbonyl (C=O) groups is 1. The number of H-pyrrole nitrogens is 2. The van der Waals surface area contributed by atoms with Crippen molar-refractivity contribution < 1.29 is 18.3 Å². The van der Waals surface area contributed by atoms with Crippen molar-refractivity contribution in [2.24, 2.45) is 0 Å². The number of hydrogen-bond acceptors (Lipinski definition) is 5. The Morgan fingerprint density at radius 3 is 2.48 bits per heavy atom. The lowest BCUT2D eigenvalue weighted by Crippen LogP contribution is -2.36. The van der Waals surface area contributed by atoms with Crippen molar-refractivity contribution in [2.75, 3.05) is 5.32 Å². The van der Waals surface area contributed by atoms with Gasteiger partial charge in [-0.3, -0.25) is 19.6 Å². The lowest BCUT2D eigenvalue weighted by molar-refractivity contribution is -0.116. The predicted octanol–water partition coefficient (Wildman–Crippen LogP) is 2.23. The van der Waals surface area contributed by atoms with Gasteiger partial charge in [0.1, 0.15) is 11.6 Å². The SMILES string of the molecule is O=C1CCCC2=C1[C@@H](c1ccc(OC(F)F)cc1)c1c([nH]c(=O)[nH]c1=O)N2. The normalized spacial score (nSPS) is 18.8. The predicted molar refractivity (Wildman–Crippen MR) is 92.1 cm³/mol. The van der Waals surface area contributed by atoms with Crippen molar-refractivity contribution in [2.45, 2.75) is 31.8 Å². The molecule has 1 aromatic carbocycles. The minimum atomic E-state index is -2.95. The van der Waals surface area contributed by atoms with Crippen LogP contribution in [-0.2, 0) is 4.79 Å². The van der Waals surface area contributed by atoms with Gasteiger partial charge in [0, 0.05) is 23.6 Å². The monoisotopic (exact) mass is 375 g/mol. The molecule has 0 radical (unpaired) electrons. The number of carbonyl (C=O) groups excluding carboxylic acids is 1. The molecule has 2 aromatic rings. The highest BCUT2D eigenvalue weighted by molar-refractivity contribution is 6.00. The van der Waals surface area contributed by atoms with Crippen LogP contribution in [-0.4, -0.2) is 22.4 Å². The summed E-state index contributed by atoms with van der Waals surface area (Å²) in [5.74, 6) is -0.569. The molecule has 2 aliphatic rings. The van der Waals surface area contributed by atoms with E-state index in [9.17, 15) is 23.2 Å². The first-order chi connectivity index (χ1) is 12.9. The summed E-state index contributed by atoms with van der Waals surface area (Å²) in [7, 11) is 0. The molecule has 3 N–H and O–H groups in total. The van der Waals surface area contributed by atoms with Crippen LogP contribution in [0.3, 0.4) is 0 Å². The fourth-order valence-electron chi connectivity index (χ4n) is 3.67. The maximum absolute atomic E-state index is 12.6. The van der Waals surface area contributed by atoms with Gasteiger partial charge in [-0.25, -0.2) is 4.79 Å². The number of ether oxygens (including phenoxy) is 1. The van der Waals surface area contributed by atoms with Gasteiger partial charge in [0.2, 0.25) is 0 Å². The van der Waals surface area contributed by atoms with E-state index in [4.69, 9.17) is 0 Å². The van der Waals surface area contributed by atoms with Crippen LogP contribution in [0.15, 0.2) is 45.1 Å². The number of halogens is 2. The van der Waals surface area contributed by atoms with Crippen LogP contribution in [0.5, 0.6) is 5.75 Å². The summed E-state index contributed by atoms with van der Waals surface area (Å²) >= 11 is 0. The Balaban J connectivity index is 1.88. The number of anilines is 1. The number of nitrogens with one attached hydrogen (secondary N) is 3. The fourth-order valence-corrected chi connectivity index (χ4v) is 3.67. The van der Waals surface area contributed by atoms with E-state index < -0.39 is 23.8 Å². The molecule has 0 unspecified atom stereocenters. The van der Waals surface area contributed by atoms with Crippen molar-refractivity contribution >= 4 is 11.6 Å². The third kappa shape index (κ3) is 3.05. The van der Waals surface area contributed by atoms with Gasteiger partial charge < -0.3 is 10.1 Å². The summed E-state index contributed by atoms with van der Waals surface area (Å²) < 4.78 is 29.1. The summed E-state index contributed by atoms with van der Waals surface area (Å²) in [6, 6.07) is 5.79. The molecule has 0 bridgehead atoms. The molecule has 1 aromatic heterocycles. The van der Waals surface area contributed by atoms with E-state index in [1.165, 1.54) is 24.3 Å². The molecule has 2 heterocycles. The molecular formula is C18H15F2N3O4. The van der Waals surface area contributed by atoms with Crippen LogP contribution in [0.4, 0.5) is 14.6 Å². The molecule has 4 rings (SSSR count). The number of fused-ring (bicyclic) bond motifs is 1. The van der Waals surface area contributed by atoms with Crippen molar-refractivity contribution in [3.05, 3.63) is 67.5 Å². The molecule has 0 fully saturated rings. The summed E-state index contributed by atoms with van der Waals surface area (Å²) in [4.78, 5) is 41.5. The average Bonchev–Trinajstić information content (AvgIpc) is 2.60. The van der Waals surface area contributed by atoms with Crippen LogP contribution >= 0.6 is 0 Å². The molecule has 140 valence electrons. The van der Waals surface area contributed by atoms with Crippen molar-refractivity contribution in [1.29, 1.82) is 0 Å². The molecule has 0 saturated heterocycles. The van der Waals surface area contributed by atoms with Gasteiger partial charge in [0.05, 0.1) is 5.56 Å². The molecule has 7 nitrogen and oxygen atoms in total. The topological polar surface area (TPSA) is 104 Å². The molecule has 0 saturated carbocycles. The lowest BCUT2D eigenvalue weighted by Gasteiger charge is -2.32. The third-order valence-electron chi connectivity index (χ3n) is 4.73. The highest BCUT2D eigenvalue weighted by atomic mass is 19.3. The minimum Gasteiger partial charge on any atom is -0.435 e. The summed E-state index contributed by atoms with van der Waals surface area (Å²) in [5, 5.41) is 3.01. The van der Waals surface area contributed by atoms with E-state index in [0.29, 0.717) is 36.1 Å². The van der Waals surface area contributed by atoms with E-state index >= 15 is 0 Å². The number of alkyl halides is 2. The summed E-state index contributed by atoms with van der Waals surface area (Å²) in [5.41, 5.74) is 0.651. The Hall–Kier alpha value is -3.23. The minimum absolute atomic E-state index is 0.0255. The maximum Gasteiger partial charge on any atom is 0.387 e. The highest BCUT2D eigenvalue weighted by Crippen LogP contribution is 2.43. The van der Waals surface area contributed by atoms with Gasteiger partial charge >= 0.3 is 12.3 Å². The van der Waals surface area contributed by atoms with Crippen LogP contribution in [0.2, 0.25) is 0 Å². The second-order valence-corrected chi connectivity index (χ2v) is 6.37. The summed E-state index contributed by atoms with van der Waals surface area (Å²) in [6.45, 7) is -2.95. The fraction of sp³-hybridized carbons (Fsp3) is 0.278. The van der Waals surface area contributed by atoms with Gasteiger partial charge in [-0.05, 0) is 30.5 Å². The smallest absolute Gasteiger partial charge is 0.387 e. The van der Waals surface area contributed by atoms with E-state index in [2.05, 4.69) is 20.0 Å². The third-order valence-corrected chi connectivity index (χ3v) is 4.73. The van der Waals surface area contributed by atoms with Gasteiger partial charge in [-0.15, -0.1) is 0 Å². The zero-order valence-electron chi connectivity index (χ0n) is 14.0. The van der Waals surface area contributed by atoms with Gasteiger partial charge in [-0.2, -0.15) is 8.78 Å². The molecule has 0 amide bonds. The van der Waals surface area contributed by atoms with Crippen LogP contribution < -0.4 is 21.3 Å².